The lowest BCUT2D eigenvalue weighted by Crippen LogP contribution is -2.40. The molecule has 0 aliphatic heterocycles. The number of hydrogen-bond acceptors (Lipinski definition) is 3. The third-order valence-corrected chi connectivity index (χ3v) is 4.37. The summed E-state index contributed by atoms with van der Waals surface area (Å²) in [7, 11) is 1.67. The number of nitrogens with zero attached hydrogens (tertiary/aromatic N) is 1. The first kappa shape index (κ1) is 16.0. The Labute approximate surface area is 127 Å². The summed E-state index contributed by atoms with van der Waals surface area (Å²) in [5.41, 5.74) is 6.98. The summed E-state index contributed by atoms with van der Waals surface area (Å²) in [5, 5.41) is 0. The Kier molecular flexibility index (Phi) is 6.21. The molecule has 1 aliphatic rings. The number of benzene rings is 1. The minimum absolute atomic E-state index is 0.0931. The van der Waals surface area contributed by atoms with E-state index in [2.05, 4.69) is 12.1 Å². The Morgan fingerprint density at radius 1 is 1.33 bits per heavy atom. The molecule has 1 aromatic carbocycles. The van der Waals surface area contributed by atoms with E-state index < -0.39 is 0 Å². The largest absolute Gasteiger partial charge is 0.383 e. The number of nitrogens with two attached hydrogens (primary N) is 1. The molecule has 2 rings (SSSR count). The topological polar surface area (TPSA) is 55.6 Å². The van der Waals surface area contributed by atoms with Crippen LogP contribution in [0.25, 0.3) is 0 Å². The molecule has 1 aromatic rings. The lowest BCUT2D eigenvalue weighted by atomic mass is 9.94. The van der Waals surface area contributed by atoms with Crippen LogP contribution in [0.3, 0.4) is 0 Å². The Morgan fingerprint density at radius 2 is 2.10 bits per heavy atom. The van der Waals surface area contributed by atoms with Gasteiger partial charge >= 0.3 is 0 Å². The second-order valence-corrected chi connectivity index (χ2v) is 5.77. The van der Waals surface area contributed by atoms with Crippen LogP contribution < -0.4 is 5.73 Å². The van der Waals surface area contributed by atoms with Crippen molar-refractivity contribution in [3.63, 3.8) is 0 Å². The molecule has 0 aromatic heterocycles. The molecular weight excluding hydrogens is 264 g/mol. The van der Waals surface area contributed by atoms with Gasteiger partial charge in [0.05, 0.1) is 6.61 Å². The predicted octanol–water partition coefficient (Wildman–Crippen LogP) is 2.04. The van der Waals surface area contributed by atoms with E-state index in [1.54, 1.807) is 7.11 Å². The van der Waals surface area contributed by atoms with Crippen molar-refractivity contribution < 1.29 is 9.53 Å². The van der Waals surface area contributed by atoms with Gasteiger partial charge in [-0.2, -0.15) is 0 Å². The maximum atomic E-state index is 12.8. The maximum absolute atomic E-state index is 12.8. The first-order valence-corrected chi connectivity index (χ1v) is 7.78. The van der Waals surface area contributed by atoms with Gasteiger partial charge in [-0.1, -0.05) is 36.8 Å². The zero-order valence-corrected chi connectivity index (χ0v) is 12.8. The lowest BCUT2D eigenvalue weighted by molar-refractivity contribution is -0.137. The minimum Gasteiger partial charge on any atom is -0.383 e. The summed E-state index contributed by atoms with van der Waals surface area (Å²) in [6.07, 6.45) is 3.16. The summed E-state index contributed by atoms with van der Waals surface area (Å²) in [6.45, 7) is 2.47. The SMILES string of the molecule is COCCN(Cc1ccccc1)C(=O)[C@@H]1CCC[C@@H]1CN. The molecule has 0 unspecified atom stereocenters. The number of amides is 1. The quantitative estimate of drug-likeness (QED) is 0.836. The third-order valence-electron chi connectivity index (χ3n) is 4.37. The number of rotatable bonds is 7. The minimum atomic E-state index is 0.0931. The van der Waals surface area contributed by atoms with Crippen LogP contribution in [0.4, 0.5) is 0 Å². The fraction of sp³-hybridized carbons (Fsp3) is 0.588. The molecule has 4 nitrogen and oxygen atoms in total. The number of ether oxygens (including phenoxy) is 1. The zero-order valence-electron chi connectivity index (χ0n) is 12.8. The molecule has 1 amide bonds. The van der Waals surface area contributed by atoms with Crippen molar-refractivity contribution in [2.24, 2.45) is 17.6 Å². The number of hydrogen-bond donors (Lipinski definition) is 1. The van der Waals surface area contributed by atoms with E-state index in [9.17, 15) is 4.79 Å². The number of methoxy groups -OCH3 is 1. The average molecular weight is 290 g/mol. The normalized spacial score (nSPS) is 21.4. The first-order chi connectivity index (χ1) is 10.3. The smallest absolute Gasteiger partial charge is 0.226 e. The van der Waals surface area contributed by atoms with E-state index in [0.29, 0.717) is 32.2 Å². The summed E-state index contributed by atoms with van der Waals surface area (Å²) < 4.78 is 5.16. The van der Waals surface area contributed by atoms with Gasteiger partial charge in [0.2, 0.25) is 5.91 Å². The Bertz CT molecular complexity index is 436. The van der Waals surface area contributed by atoms with Crippen LogP contribution in [0.5, 0.6) is 0 Å². The Morgan fingerprint density at radius 3 is 2.76 bits per heavy atom. The van der Waals surface area contributed by atoms with Crippen molar-refractivity contribution in [1.29, 1.82) is 0 Å². The zero-order chi connectivity index (χ0) is 15.1. The standard InChI is InChI=1S/C17H26N2O2/c1-21-11-10-19(13-14-6-3-2-4-7-14)17(20)16-9-5-8-15(16)12-18/h2-4,6-7,15-16H,5,8-13,18H2,1H3/t15-,16-/m1/s1. The van der Waals surface area contributed by atoms with Crippen molar-refractivity contribution in [2.45, 2.75) is 25.8 Å². The van der Waals surface area contributed by atoms with Gasteiger partial charge in [-0.25, -0.2) is 0 Å². The Balaban J connectivity index is 2.05. The van der Waals surface area contributed by atoms with Crippen molar-refractivity contribution in [3.8, 4) is 0 Å². The van der Waals surface area contributed by atoms with Crippen LogP contribution in [-0.2, 0) is 16.1 Å². The average Bonchev–Trinajstić information content (AvgIpc) is 3.00. The summed E-state index contributed by atoms with van der Waals surface area (Å²) in [4.78, 5) is 14.8. The molecule has 1 saturated carbocycles. The molecule has 1 aliphatic carbocycles. The van der Waals surface area contributed by atoms with Gasteiger partial charge in [-0.3, -0.25) is 4.79 Å². The van der Waals surface area contributed by atoms with Gasteiger partial charge < -0.3 is 15.4 Å². The summed E-state index contributed by atoms with van der Waals surface area (Å²) in [6, 6.07) is 10.1. The number of carbonyl (C=O) groups excluding carboxylic acids is 1. The van der Waals surface area contributed by atoms with E-state index in [1.165, 1.54) is 0 Å². The molecular formula is C17H26N2O2. The summed E-state index contributed by atoms with van der Waals surface area (Å²) in [5.74, 6) is 0.678. The van der Waals surface area contributed by atoms with Gasteiger partial charge in [-0.05, 0) is 30.9 Å². The van der Waals surface area contributed by atoms with E-state index in [0.717, 1.165) is 24.8 Å². The highest BCUT2D eigenvalue weighted by molar-refractivity contribution is 5.79. The molecule has 0 radical (unpaired) electrons. The van der Waals surface area contributed by atoms with Crippen LogP contribution in [-0.4, -0.2) is 37.6 Å². The molecule has 0 spiro atoms. The van der Waals surface area contributed by atoms with Crippen LogP contribution >= 0.6 is 0 Å². The first-order valence-electron chi connectivity index (χ1n) is 7.78. The fourth-order valence-electron chi connectivity index (χ4n) is 3.15. The maximum Gasteiger partial charge on any atom is 0.226 e. The Hall–Kier alpha value is -1.39. The van der Waals surface area contributed by atoms with Crippen LogP contribution in [0.2, 0.25) is 0 Å². The van der Waals surface area contributed by atoms with E-state index in [1.807, 2.05) is 23.1 Å². The van der Waals surface area contributed by atoms with Crippen molar-refractivity contribution in [1.82, 2.24) is 4.90 Å². The van der Waals surface area contributed by atoms with Gasteiger partial charge in [0.25, 0.3) is 0 Å². The van der Waals surface area contributed by atoms with Gasteiger partial charge in [0, 0.05) is 26.1 Å². The van der Waals surface area contributed by atoms with E-state index >= 15 is 0 Å². The van der Waals surface area contributed by atoms with Gasteiger partial charge in [-0.15, -0.1) is 0 Å². The van der Waals surface area contributed by atoms with E-state index in [-0.39, 0.29) is 11.8 Å². The molecule has 0 saturated heterocycles. The molecule has 2 atom stereocenters. The third kappa shape index (κ3) is 4.29. The molecule has 1 fully saturated rings. The molecule has 21 heavy (non-hydrogen) atoms. The van der Waals surface area contributed by atoms with Crippen LogP contribution in [0.1, 0.15) is 24.8 Å². The highest BCUT2D eigenvalue weighted by Gasteiger charge is 2.34. The monoisotopic (exact) mass is 290 g/mol. The van der Waals surface area contributed by atoms with Gasteiger partial charge in [0.1, 0.15) is 0 Å². The van der Waals surface area contributed by atoms with Crippen LogP contribution in [0.15, 0.2) is 30.3 Å². The predicted molar refractivity (Wildman–Crippen MR) is 83.6 cm³/mol. The van der Waals surface area contributed by atoms with Crippen molar-refractivity contribution >= 4 is 5.91 Å². The highest BCUT2D eigenvalue weighted by Crippen LogP contribution is 2.32. The lowest BCUT2D eigenvalue weighted by Gasteiger charge is -2.28. The van der Waals surface area contributed by atoms with Gasteiger partial charge in [0.15, 0.2) is 0 Å². The highest BCUT2D eigenvalue weighted by atomic mass is 16.5. The second-order valence-electron chi connectivity index (χ2n) is 5.77. The van der Waals surface area contributed by atoms with Crippen LogP contribution in [0, 0.1) is 11.8 Å². The molecule has 116 valence electrons. The molecule has 2 N–H and O–H groups in total. The summed E-state index contributed by atoms with van der Waals surface area (Å²) >= 11 is 0. The molecule has 4 heteroatoms. The molecule has 0 heterocycles. The molecule has 0 bridgehead atoms. The van der Waals surface area contributed by atoms with E-state index in [4.69, 9.17) is 10.5 Å². The van der Waals surface area contributed by atoms with Crippen molar-refractivity contribution in [2.75, 3.05) is 26.8 Å². The number of carbonyl (C=O) groups is 1. The second kappa shape index (κ2) is 8.15. The van der Waals surface area contributed by atoms with Crippen molar-refractivity contribution in [3.05, 3.63) is 35.9 Å². The fourth-order valence-corrected chi connectivity index (χ4v) is 3.15.